The van der Waals surface area contributed by atoms with Gasteiger partial charge in [-0.3, -0.25) is 9.48 Å². The average molecular weight is 264 g/mol. The smallest absolute Gasteiger partial charge is 0.251 e. The summed E-state index contributed by atoms with van der Waals surface area (Å²) in [7, 11) is 1.72. The van der Waals surface area contributed by atoms with Crippen LogP contribution in [0.15, 0.2) is 24.5 Å². The first-order chi connectivity index (χ1) is 9.04. The van der Waals surface area contributed by atoms with Gasteiger partial charge in [0.2, 0.25) is 0 Å². The lowest BCUT2D eigenvalue weighted by Gasteiger charge is -2.26. The molecule has 0 saturated heterocycles. The molecule has 1 aromatic heterocycles. The summed E-state index contributed by atoms with van der Waals surface area (Å²) in [5.74, 6) is -1.92. The monoisotopic (exact) mass is 264 g/mol. The molecule has 0 fully saturated rings. The minimum Gasteiger partial charge on any atom is -0.368 e. The Morgan fingerprint density at radius 3 is 2.84 bits per heavy atom. The molecule has 2 heterocycles. The summed E-state index contributed by atoms with van der Waals surface area (Å²) < 4.78 is 28.3. The third-order valence-electron chi connectivity index (χ3n) is 2.92. The molecule has 5 nitrogen and oxygen atoms in total. The van der Waals surface area contributed by atoms with E-state index in [-0.39, 0.29) is 11.4 Å². The van der Waals surface area contributed by atoms with E-state index in [1.54, 1.807) is 17.9 Å². The number of anilines is 2. The summed E-state index contributed by atoms with van der Waals surface area (Å²) in [4.78, 5) is 11.9. The Morgan fingerprint density at radius 2 is 2.16 bits per heavy atom. The van der Waals surface area contributed by atoms with E-state index in [1.807, 2.05) is 0 Å². The van der Waals surface area contributed by atoms with Gasteiger partial charge in [0.05, 0.1) is 11.9 Å². The van der Waals surface area contributed by atoms with Crippen LogP contribution in [0.25, 0.3) is 0 Å². The molecule has 1 unspecified atom stereocenters. The molecule has 0 aliphatic carbocycles. The summed E-state index contributed by atoms with van der Waals surface area (Å²) in [6.45, 7) is 0. The van der Waals surface area contributed by atoms with Crippen molar-refractivity contribution < 1.29 is 13.6 Å². The number of carbonyl (C=O) groups is 1. The molecule has 2 aromatic rings. The highest BCUT2D eigenvalue weighted by molar-refractivity contribution is 6.03. The minimum absolute atomic E-state index is 0.0356. The molecule has 0 saturated carbocycles. The molecule has 3 rings (SSSR count). The van der Waals surface area contributed by atoms with Crippen molar-refractivity contribution in [3.8, 4) is 0 Å². The molecule has 0 radical (unpaired) electrons. The fourth-order valence-corrected chi connectivity index (χ4v) is 2.05. The quantitative estimate of drug-likeness (QED) is 0.825. The van der Waals surface area contributed by atoms with Crippen molar-refractivity contribution in [3.63, 3.8) is 0 Å². The molecule has 0 spiro atoms. The molecule has 7 heteroatoms. The number of aryl methyl sites for hydroxylation is 1. The predicted molar refractivity (Wildman–Crippen MR) is 64.6 cm³/mol. The number of halogens is 2. The maximum absolute atomic E-state index is 13.5. The topological polar surface area (TPSA) is 59.0 Å². The molecule has 1 amide bonds. The highest BCUT2D eigenvalue weighted by atomic mass is 19.1. The predicted octanol–water partition coefficient (Wildman–Crippen LogP) is 1.80. The SMILES string of the molecule is Cn1cc(C2Nc3cc(F)cc(F)c3NC2=O)cn1. The van der Waals surface area contributed by atoms with E-state index in [4.69, 9.17) is 0 Å². The first-order valence-electron chi connectivity index (χ1n) is 5.59. The summed E-state index contributed by atoms with van der Waals surface area (Å²) >= 11 is 0. The lowest BCUT2D eigenvalue weighted by Crippen LogP contribution is -2.32. The van der Waals surface area contributed by atoms with Crippen molar-refractivity contribution in [2.75, 3.05) is 10.6 Å². The van der Waals surface area contributed by atoms with Crippen LogP contribution in [0.1, 0.15) is 11.6 Å². The van der Waals surface area contributed by atoms with E-state index >= 15 is 0 Å². The molecule has 1 aliphatic heterocycles. The maximum atomic E-state index is 13.5. The second-order valence-corrected chi connectivity index (χ2v) is 4.32. The number of nitrogens with one attached hydrogen (secondary N) is 2. The van der Waals surface area contributed by atoms with Crippen molar-refractivity contribution in [1.29, 1.82) is 0 Å². The van der Waals surface area contributed by atoms with E-state index in [9.17, 15) is 13.6 Å². The molecule has 1 atom stereocenters. The van der Waals surface area contributed by atoms with Crippen LogP contribution in [-0.4, -0.2) is 15.7 Å². The number of benzene rings is 1. The molecule has 19 heavy (non-hydrogen) atoms. The minimum atomic E-state index is -0.805. The van der Waals surface area contributed by atoms with E-state index in [0.717, 1.165) is 12.1 Å². The lowest BCUT2D eigenvalue weighted by atomic mass is 10.1. The van der Waals surface area contributed by atoms with Gasteiger partial charge in [0.1, 0.15) is 17.5 Å². The second-order valence-electron chi connectivity index (χ2n) is 4.32. The fraction of sp³-hybridized carbons (Fsp3) is 0.167. The number of carbonyl (C=O) groups excluding carboxylic acids is 1. The fourth-order valence-electron chi connectivity index (χ4n) is 2.05. The summed E-state index contributed by atoms with van der Waals surface area (Å²) in [5, 5.41) is 9.21. The summed E-state index contributed by atoms with van der Waals surface area (Å²) in [5.41, 5.74) is 0.799. The normalized spacial score (nSPS) is 17.6. The van der Waals surface area contributed by atoms with Crippen LogP contribution in [0.3, 0.4) is 0 Å². The second kappa shape index (κ2) is 4.04. The standard InChI is InChI=1S/C12H10F2N4O/c1-18-5-6(4-15-18)10-12(19)17-11-8(14)2-7(13)3-9(11)16-10/h2-5,10,16H,1H3,(H,17,19). The van der Waals surface area contributed by atoms with Crippen molar-refractivity contribution in [3.05, 3.63) is 41.7 Å². The Morgan fingerprint density at radius 1 is 1.37 bits per heavy atom. The first kappa shape index (κ1) is 11.6. The average Bonchev–Trinajstić information content (AvgIpc) is 2.76. The van der Waals surface area contributed by atoms with Crippen molar-refractivity contribution in [2.24, 2.45) is 7.05 Å². The Bertz CT molecular complexity index is 668. The summed E-state index contributed by atoms with van der Waals surface area (Å²) in [6, 6.07) is 1.15. The van der Waals surface area contributed by atoms with Gasteiger partial charge < -0.3 is 10.6 Å². The van der Waals surface area contributed by atoms with E-state index in [2.05, 4.69) is 15.7 Å². The molecule has 2 N–H and O–H groups in total. The largest absolute Gasteiger partial charge is 0.368 e. The lowest BCUT2D eigenvalue weighted by molar-refractivity contribution is -0.117. The van der Waals surface area contributed by atoms with Crippen LogP contribution in [0, 0.1) is 11.6 Å². The van der Waals surface area contributed by atoms with Crippen molar-refractivity contribution >= 4 is 17.3 Å². The van der Waals surface area contributed by atoms with Gasteiger partial charge in [-0.25, -0.2) is 8.78 Å². The Labute approximate surface area is 107 Å². The molecule has 1 aromatic carbocycles. The molecule has 0 bridgehead atoms. The third-order valence-corrected chi connectivity index (χ3v) is 2.92. The van der Waals surface area contributed by atoms with Gasteiger partial charge in [-0.2, -0.15) is 5.10 Å². The van der Waals surface area contributed by atoms with E-state index in [1.165, 1.54) is 6.20 Å². The van der Waals surface area contributed by atoms with Crippen molar-refractivity contribution in [1.82, 2.24) is 9.78 Å². The summed E-state index contributed by atoms with van der Waals surface area (Å²) in [6.07, 6.45) is 3.19. The number of hydrogen-bond acceptors (Lipinski definition) is 3. The van der Waals surface area contributed by atoms with Crippen LogP contribution in [0.5, 0.6) is 0 Å². The van der Waals surface area contributed by atoms with Crippen molar-refractivity contribution in [2.45, 2.75) is 6.04 Å². The van der Waals surface area contributed by atoms with Crippen LogP contribution < -0.4 is 10.6 Å². The van der Waals surface area contributed by atoms with Gasteiger partial charge >= 0.3 is 0 Å². The number of hydrogen-bond donors (Lipinski definition) is 2. The van der Waals surface area contributed by atoms with Gasteiger partial charge in [0, 0.05) is 24.9 Å². The number of nitrogens with zero attached hydrogens (tertiary/aromatic N) is 2. The van der Waals surface area contributed by atoms with Gasteiger partial charge in [-0.1, -0.05) is 0 Å². The van der Waals surface area contributed by atoms with Gasteiger partial charge in [0.15, 0.2) is 5.82 Å². The highest BCUT2D eigenvalue weighted by Crippen LogP contribution is 2.34. The molecular weight excluding hydrogens is 254 g/mol. The van der Waals surface area contributed by atoms with Crippen LogP contribution in [0.2, 0.25) is 0 Å². The first-order valence-corrected chi connectivity index (χ1v) is 5.59. The van der Waals surface area contributed by atoms with E-state index in [0.29, 0.717) is 5.56 Å². The number of rotatable bonds is 1. The zero-order valence-electron chi connectivity index (χ0n) is 9.95. The van der Waals surface area contributed by atoms with E-state index < -0.39 is 23.6 Å². The number of aromatic nitrogens is 2. The van der Waals surface area contributed by atoms with Gasteiger partial charge in [-0.15, -0.1) is 0 Å². The maximum Gasteiger partial charge on any atom is 0.251 e. The Balaban J connectivity index is 2.02. The molecular formula is C12H10F2N4O. The Hall–Kier alpha value is -2.44. The van der Waals surface area contributed by atoms with Gasteiger partial charge in [0.25, 0.3) is 5.91 Å². The van der Waals surface area contributed by atoms with Crippen LogP contribution in [-0.2, 0) is 11.8 Å². The zero-order valence-corrected chi connectivity index (χ0v) is 9.95. The third kappa shape index (κ3) is 1.92. The number of amides is 1. The number of fused-ring (bicyclic) bond motifs is 1. The molecule has 98 valence electrons. The Kier molecular flexibility index (Phi) is 2.48. The molecule has 1 aliphatic rings. The zero-order chi connectivity index (χ0) is 13.6. The van der Waals surface area contributed by atoms with Crippen LogP contribution in [0.4, 0.5) is 20.2 Å². The highest BCUT2D eigenvalue weighted by Gasteiger charge is 2.30. The van der Waals surface area contributed by atoms with Crippen LogP contribution >= 0.6 is 0 Å². The van der Waals surface area contributed by atoms with Gasteiger partial charge in [-0.05, 0) is 6.07 Å².